The largest absolute Gasteiger partial charge is 0.503 e. The molecule has 0 aliphatic carbocycles. The van der Waals surface area contributed by atoms with Gasteiger partial charge in [0.1, 0.15) is 17.2 Å². The molecule has 0 saturated carbocycles. The van der Waals surface area contributed by atoms with Gasteiger partial charge in [0, 0.05) is 24.4 Å². The second-order valence-electron chi connectivity index (χ2n) is 6.94. The Labute approximate surface area is 169 Å². The summed E-state index contributed by atoms with van der Waals surface area (Å²) in [4.78, 5) is 39.2. The molecule has 0 unspecified atom stereocenters. The van der Waals surface area contributed by atoms with Gasteiger partial charge in [-0.25, -0.2) is 8.78 Å². The molecule has 1 aromatic carbocycles. The molecule has 2 aromatic rings. The quantitative estimate of drug-likeness (QED) is 0.727. The predicted octanol–water partition coefficient (Wildman–Crippen LogP) is 1.13. The molecule has 1 aromatic heterocycles. The minimum Gasteiger partial charge on any atom is -0.503 e. The van der Waals surface area contributed by atoms with E-state index < -0.39 is 46.4 Å². The summed E-state index contributed by atoms with van der Waals surface area (Å²) in [6, 6.07) is 2.50. The third kappa shape index (κ3) is 3.14. The van der Waals surface area contributed by atoms with Crippen molar-refractivity contribution in [3.05, 3.63) is 75.7 Å². The smallest absolute Gasteiger partial charge is 0.277 e. The lowest BCUT2D eigenvalue weighted by molar-refractivity contribution is 0.00691. The van der Waals surface area contributed by atoms with E-state index in [1.54, 1.807) is 6.08 Å². The number of amides is 2. The van der Waals surface area contributed by atoms with Crippen LogP contribution in [0.2, 0.25) is 0 Å². The SMILES string of the molecule is C=C[C@H]1CO[C@@H]2Cn3cc(C(=O)NCc4ccc(F)cc4F)c(=O)c(O)c3C(=O)N12. The van der Waals surface area contributed by atoms with E-state index in [4.69, 9.17) is 4.74 Å². The summed E-state index contributed by atoms with van der Waals surface area (Å²) in [5, 5.41) is 12.7. The Kier molecular flexibility index (Phi) is 4.86. The number of ether oxygens (including phenoxy) is 1. The highest BCUT2D eigenvalue weighted by molar-refractivity contribution is 5.99. The van der Waals surface area contributed by atoms with Crippen LogP contribution >= 0.6 is 0 Å². The van der Waals surface area contributed by atoms with Crippen molar-refractivity contribution in [3.63, 3.8) is 0 Å². The third-order valence-corrected chi connectivity index (χ3v) is 5.14. The van der Waals surface area contributed by atoms with Crippen molar-refractivity contribution in [2.45, 2.75) is 25.4 Å². The van der Waals surface area contributed by atoms with Crippen molar-refractivity contribution in [2.75, 3.05) is 6.61 Å². The van der Waals surface area contributed by atoms with Gasteiger partial charge in [-0.15, -0.1) is 6.58 Å². The second kappa shape index (κ2) is 7.38. The first-order chi connectivity index (χ1) is 14.3. The Balaban J connectivity index is 1.63. The van der Waals surface area contributed by atoms with Crippen molar-refractivity contribution in [1.82, 2.24) is 14.8 Å². The Bertz CT molecular complexity index is 1130. The number of hydrogen-bond donors (Lipinski definition) is 2. The molecule has 2 atom stereocenters. The fraction of sp³-hybridized carbons (Fsp3) is 0.250. The molecule has 1 fully saturated rings. The molecule has 2 aliphatic heterocycles. The van der Waals surface area contributed by atoms with Crippen LogP contribution in [0.15, 0.2) is 41.8 Å². The molecule has 0 spiro atoms. The van der Waals surface area contributed by atoms with Crippen LogP contribution in [0.4, 0.5) is 8.78 Å². The molecule has 2 aliphatic rings. The molecule has 1 saturated heterocycles. The number of rotatable bonds is 4. The molecule has 2 amide bonds. The predicted molar refractivity (Wildman–Crippen MR) is 99.8 cm³/mol. The zero-order valence-electron chi connectivity index (χ0n) is 15.6. The molecule has 0 radical (unpaired) electrons. The van der Waals surface area contributed by atoms with E-state index in [0.717, 1.165) is 12.3 Å². The standard InChI is InChI=1S/C20H17F2N3O5/c1-2-12-9-30-15-8-24-7-13(17(26)18(27)16(24)20(29)25(12)15)19(28)23-6-10-3-4-11(21)5-14(10)22/h2-5,7,12,15,27H,1,6,8-9H2,(H,23,28)/t12-,15+/m0/s1. The van der Waals surface area contributed by atoms with Gasteiger partial charge in [-0.2, -0.15) is 0 Å². The van der Waals surface area contributed by atoms with Crippen molar-refractivity contribution in [3.8, 4) is 5.75 Å². The van der Waals surface area contributed by atoms with Crippen LogP contribution in [0.3, 0.4) is 0 Å². The van der Waals surface area contributed by atoms with Crippen LogP contribution in [0.1, 0.15) is 26.4 Å². The molecule has 156 valence electrons. The number of aromatic hydroxyl groups is 1. The highest BCUT2D eigenvalue weighted by atomic mass is 19.1. The average Bonchev–Trinajstić information content (AvgIpc) is 3.13. The lowest BCUT2D eigenvalue weighted by Crippen LogP contribution is -2.49. The summed E-state index contributed by atoms with van der Waals surface area (Å²) in [5.74, 6) is -3.94. The number of halogens is 2. The van der Waals surface area contributed by atoms with E-state index in [1.165, 1.54) is 15.5 Å². The summed E-state index contributed by atoms with van der Waals surface area (Å²) in [7, 11) is 0. The van der Waals surface area contributed by atoms with Gasteiger partial charge in [0.15, 0.2) is 17.7 Å². The maximum absolute atomic E-state index is 13.7. The highest BCUT2D eigenvalue weighted by Crippen LogP contribution is 2.29. The molecule has 4 rings (SSSR count). The van der Waals surface area contributed by atoms with E-state index in [0.29, 0.717) is 6.07 Å². The molecule has 2 N–H and O–H groups in total. The number of benzene rings is 1. The van der Waals surface area contributed by atoms with E-state index in [2.05, 4.69) is 11.9 Å². The van der Waals surface area contributed by atoms with Gasteiger partial charge in [0.05, 0.1) is 19.2 Å². The van der Waals surface area contributed by atoms with Gasteiger partial charge in [-0.05, 0) is 6.07 Å². The topological polar surface area (TPSA) is 101 Å². The van der Waals surface area contributed by atoms with Crippen molar-refractivity contribution >= 4 is 11.8 Å². The van der Waals surface area contributed by atoms with Crippen molar-refractivity contribution in [1.29, 1.82) is 0 Å². The van der Waals surface area contributed by atoms with Gasteiger partial charge in [-0.3, -0.25) is 14.4 Å². The lowest BCUT2D eigenvalue weighted by atomic mass is 10.1. The first-order valence-corrected chi connectivity index (χ1v) is 9.07. The number of fused-ring (bicyclic) bond motifs is 2. The molecular formula is C20H17F2N3O5. The van der Waals surface area contributed by atoms with Gasteiger partial charge in [-0.1, -0.05) is 12.1 Å². The maximum atomic E-state index is 13.7. The Hall–Kier alpha value is -3.53. The zero-order valence-corrected chi connectivity index (χ0v) is 15.6. The fourth-order valence-corrected chi connectivity index (χ4v) is 3.59. The van der Waals surface area contributed by atoms with Crippen LogP contribution in [0, 0.1) is 11.6 Å². The summed E-state index contributed by atoms with van der Waals surface area (Å²) >= 11 is 0. The minimum absolute atomic E-state index is 0.0210. The number of aromatic nitrogens is 1. The number of nitrogens with one attached hydrogen (secondary N) is 1. The normalized spacial score (nSPS) is 19.9. The van der Waals surface area contributed by atoms with E-state index in [1.807, 2.05) is 0 Å². The van der Waals surface area contributed by atoms with Gasteiger partial charge in [0.2, 0.25) is 5.43 Å². The number of carbonyl (C=O) groups is 2. The molecule has 3 heterocycles. The van der Waals surface area contributed by atoms with E-state index in [9.17, 15) is 28.3 Å². The van der Waals surface area contributed by atoms with Crippen LogP contribution in [0.25, 0.3) is 0 Å². The van der Waals surface area contributed by atoms with E-state index in [-0.39, 0.29) is 37.0 Å². The third-order valence-electron chi connectivity index (χ3n) is 5.14. The zero-order chi connectivity index (χ0) is 21.6. The first-order valence-electron chi connectivity index (χ1n) is 9.07. The molecule has 8 nitrogen and oxygen atoms in total. The number of hydrogen-bond acceptors (Lipinski definition) is 5. The summed E-state index contributed by atoms with van der Waals surface area (Å²) in [6.45, 7) is 3.69. The number of pyridine rings is 1. The second-order valence-corrected chi connectivity index (χ2v) is 6.94. The molecule has 0 bridgehead atoms. The molecule has 10 heteroatoms. The van der Waals surface area contributed by atoms with Gasteiger partial charge in [0.25, 0.3) is 11.8 Å². The van der Waals surface area contributed by atoms with Gasteiger partial charge < -0.3 is 24.6 Å². The number of carbonyl (C=O) groups excluding carboxylic acids is 2. The van der Waals surface area contributed by atoms with Crippen LogP contribution in [-0.2, 0) is 17.8 Å². The maximum Gasteiger partial charge on any atom is 0.277 e. The van der Waals surface area contributed by atoms with Crippen LogP contribution in [0.5, 0.6) is 5.75 Å². The Morgan fingerprint density at radius 2 is 2.13 bits per heavy atom. The van der Waals surface area contributed by atoms with Gasteiger partial charge >= 0.3 is 0 Å². The lowest BCUT2D eigenvalue weighted by Gasteiger charge is -2.33. The summed E-state index contributed by atoms with van der Waals surface area (Å²) in [6.07, 6.45) is 2.08. The van der Waals surface area contributed by atoms with Crippen molar-refractivity contribution < 1.29 is 28.2 Å². The number of nitrogens with zero attached hydrogens (tertiary/aromatic N) is 2. The minimum atomic E-state index is -1.03. The molecular weight excluding hydrogens is 400 g/mol. The first kappa shape index (κ1) is 19.8. The monoisotopic (exact) mass is 417 g/mol. The summed E-state index contributed by atoms with van der Waals surface area (Å²) in [5.41, 5.74) is -1.67. The van der Waals surface area contributed by atoms with E-state index >= 15 is 0 Å². The van der Waals surface area contributed by atoms with Crippen LogP contribution < -0.4 is 10.7 Å². The molecule has 30 heavy (non-hydrogen) atoms. The highest BCUT2D eigenvalue weighted by Gasteiger charge is 2.43. The van der Waals surface area contributed by atoms with Crippen LogP contribution in [-0.4, -0.2) is 45.3 Å². The summed E-state index contributed by atoms with van der Waals surface area (Å²) < 4.78 is 33.6. The fourth-order valence-electron chi connectivity index (χ4n) is 3.59. The Morgan fingerprint density at radius 1 is 1.37 bits per heavy atom. The Morgan fingerprint density at radius 3 is 2.83 bits per heavy atom. The van der Waals surface area contributed by atoms with Crippen molar-refractivity contribution in [2.24, 2.45) is 0 Å². The average molecular weight is 417 g/mol.